The van der Waals surface area contributed by atoms with Crippen LogP contribution in [0.15, 0.2) is 0 Å². The van der Waals surface area contributed by atoms with Crippen molar-refractivity contribution in [2.45, 2.75) is 76.9 Å². The van der Waals surface area contributed by atoms with Crippen LogP contribution in [-0.4, -0.2) is 42.5 Å². The Kier molecular flexibility index (Phi) is 5.08. The topological polar surface area (TPSA) is 58.4 Å². The van der Waals surface area contributed by atoms with Crippen molar-refractivity contribution in [3.63, 3.8) is 0 Å². The molecule has 2 aliphatic carbocycles. The second-order valence-electron chi connectivity index (χ2n) is 7.50. The first-order chi connectivity index (χ1) is 9.41. The highest BCUT2D eigenvalue weighted by molar-refractivity contribution is 5.77. The number of nitrogens with two attached hydrogens (primary N) is 1. The third-order valence-corrected chi connectivity index (χ3v) is 5.10. The van der Waals surface area contributed by atoms with E-state index in [4.69, 9.17) is 5.73 Å². The SMILES string of the molecule is CN(C1CCC(C)(C)CC1)C(CN)CC(=O)NC1CC1. The van der Waals surface area contributed by atoms with Crippen LogP contribution in [0.5, 0.6) is 0 Å². The molecule has 2 fully saturated rings. The van der Waals surface area contributed by atoms with Gasteiger partial charge in [0.15, 0.2) is 0 Å². The zero-order chi connectivity index (χ0) is 14.8. The molecule has 1 atom stereocenters. The second-order valence-corrected chi connectivity index (χ2v) is 7.50. The summed E-state index contributed by atoms with van der Waals surface area (Å²) in [4.78, 5) is 14.3. The summed E-state index contributed by atoms with van der Waals surface area (Å²) in [5.41, 5.74) is 6.39. The van der Waals surface area contributed by atoms with Gasteiger partial charge in [-0.25, -0.2) is 0 Å². The van der Waals surface area contributed by atoms with Crippen LogP contribution in [-0.2, 0) is 4.79 Å². The molecule has 2 rings (SSSR count). The average Bonchev–Trinajstić information content (AvgIpc) is 3.19. The fourth-order valence-corrected chi connectivity index (χ4v) is 3.21. The zero-order valence-corrected chi connectivity index (χ0v) is 13.3. The Balaban J connectivity index is 1.81. The molecule has 4 heteroatoms. The minimum atomic E-state index is 0.172. The molecule has 2 saturated carbocycles. The maximum absolute atomic E-state index is 12.0. The van der Waals surface area contributed by atoms with Gasteiger partial charge in [-0.15, -0.1) is 0 Å². The maximum Gasteiger partial charge on any atom is 0.221 e. The Hall–Kier alpha value is -0.610. The van der Waals surface area contributed by atoms with Crippen LogP contribution in [0.3, 0.4) is 0 Å². The van der Waals surface area contributed by atoms with Crippen LogP contribution in [0.2, 0.25) is 0 Å². The summed E-state index contributed by atoms with van der Waals surface area (Å²) in [6, 6.07) is 1.21. The van der Waals surface area contributed by atoms with Crippen molar-refractivity contribution in [2.75, 3.05) is 13.6 Å². The van der Waals surface area contributed by atoms with E-state index in [1.165, 1.54) is 25.7 Å². The van der Waals surface area contributed by atoms with E-state index in [9.17, 15) is 4.79 Å². The number of hydrogen-bond donors (Lipinski definition) is 2. The van der Waals surface area contributed by atoms with Crippen molar-refractivity contribution in [3.8, 4) is 0 Å². The number of amides is 1. The minimum absolute atomic E-state index is 0.172. The van der Waals surface area contributed by atoms with Crippen LogP contribution in [0.4, 0.5) is 0 Å². The van der Waals surface area contributed by atoms with E-state index in [-0.39, 0.29) is 11.9 Å². The van der Waals surface area contributed by atoms with Gasteiger partial charge >= 0.3 is 0 Å². The number of rotatable bonds is 6. The lowest BCUT2D eigenvalue weighted by molar-refractivity contribution is -0.122. The lowest BCUT2D eigenvalue weighted by atomic mass is 9.75. The normalized spacial score (nSPS) is 24.6. The lowest BCUT2D eigenvalue weighted by Crippen LogP contribution is -2.48. The van der Waals surface area contributed by atoms with Crippen molar-refractivity contribution in [3.05, 3.63) is 0 Å². The molecule has 116 valence electrons. The molecule has 3 N–H and O–H groups in total. The number of hydrogen-bond acceptors (Lipinski definition) is 3. The van der Waals surface area contributed by atoms with Gasteiger partial charge in [0, 0.05) is 31.1 Å². The maximum atomic E-state index is 12.0. The molecule has 0 saturated heterocycles. The molecule has 0 aromatic carbocycles. The molecule has 4 nitrogen and oxygen atoms in total. The highest BCUT2D eigenvalue weighted by Crippen LogP contribution is 2.37. The molecule has 0 aromatic heterocycles. The number of nitrogens with one attached hydrogen (secondary N) is 1. The molecule has 0 aromatic rings. The smallest absolute Gasteiger partial charge is 0.221 e. The second kappa shape index (κ2) is 6.44. The first kappa shape index (κ1) is 15.8. The standard InChI is InChI=1S/C16H31N3O/c1-16(2)8-6-13(7-9-16)19(3)14(11-17)10-15(20)18-12-4-5-12/h12-14H,4-11,17H2,1-3H3,(H,18,20). The summed E-state index contributed by atoms with van der Waals surface area (Å²) in [6.45, 7) is 5.27. The van der Waals surface area contributed by atoms with Crippen molar-refractivity contribution in [1.82, 2.24) is 10.2 Å². The predicted molar refractivity (Wildman–Crippen MR) is 82.4 cm³/mol. The number of nitrogens with zero attached hydrogens (tertiary/aromatic N) is 1. The number of carbonyl (C=O) groups excluding carboxylic acids is 1. The van der Waals surface area contributed by atoms with Gasteiger partial charge in [0.25, 0.3) is 0 Å². The van der Waals surface area contributed by atoms with Gasteiger partial charge in [0.05, 0.1) is 0 Å². The van der Waals surface area contributed by atoms with Crippen molar-refractivity contribution in [2.24, 2.45) is 11.1 Å². The first-order valence-corrected chi connectivity index (χ1v) is 8.12. The zero-order valence-electron chi connectivity index (χ0n) is 13.3. The van der Waals surface area contributed by atoms with Crippen molar-refractivity contribution >= 4 is 5.91 Å². The van der Waals surface area contributed by atoms with Gasteiger partial charge in [-0.05, 0) is 51.0 Å². The lowest BCUT2D eigenvalue weighted by Gasteiger charge is -2.41. The van der Waals surface area contributed by atoms with Gasteiger partial charge in [-0.3, -0.25) is 9.69 Å². The van der Waals surface area contributed by atoms with Gasteiger partial charge in [-0.1, -0.05) is 13.8 Å². The molecule has 0 aliphatic heterocycles. The van der Waals surface area contributed by atoms with Gasteiger partial charge < -0.3 is 11.1 Å². The van der Waals surface area contributed by atoms with Crippen LogP contribution >= 0.6 is 0 Å². The van der Waals surface area contributed by atoms with E-state index in [1.54, 1.807) is 0 Å². The summed E-state index contributed by atoms with van der Waals surface area (Å²) in [5.74, 6) is 0.172. The predicted octanol–water partition coefficient (Wildman–Crippen LogP) is 1.88. The summed E-state index contributed by atoms with van der Waals surface area (Å²) >= 11 is 0. The van der Waals surface area contributed by atoms with E-state index >= 15 is 0 Å². The Labute approximate surface area is 123 Å². The highest BCUT2D eigenvalue weighted by atomic mass is 16.1. The molecule has 2 aliphatic rings. The summed E-state index contributed by atoms with van der Waals surface area (Å²) < 4.78 is 0. The molecule has 0 spiro atoms. The quantitative estimate of drug-likeness (QED) is 0.781. The minimum Gasteiger partial charge on any atom is -0.353 e. The molecule has 0 bridgehead atoms. The number of carbonyl (C=O) groups is 1. The van der Waals surface area contributed by atoms with Crippen LogP contribution < -0.4 is 11.1 Å². The van der Waals surface area contributed by atoms with E-state index in [0.29, 0.717) is 30.5 Å². The Morgan fingerprint density at radius 2 is 1.90 bits per heavy atom. The van der Waals surface area contributed by atoms with Crippen LogP contribution in [0.1, 0.15) is 58.8 Å². The van der Waals surface area contributed by atoms with Gasteiger partial charge in [-0.2, -0.15) is 0 Å². The molecule has 20 heavy (non-hydrogen) atoms. The fourth-order valence-electron chi connectivity index (χ4n) is 3.21. The van der Waals surface area contributed by atoms with Crippen molar-refractivity contribution < 1.29 is 4.79 Å². The summed E-state index contributed by atoms with van der Waals surface area (Å²) in [7, 11) is 2.14. The third kappa shape index (κ3) is 4.45. The molecular formula is C16H31N3O. The van der Waals surface area contributed by atoms with Crippen LogP contribution in [0.25, 0.3) is 0 Å². The van der Waals surface area contributed by atoms with Gasteiger partial charge in [0.2, 0.25) is 5.91 Å². The molecule has 1 unspecified atom stereocenters. The molecule has 1 amide bonds. The highest BCUT2D eigenvalue weighted by Gasteiger charge is 2.32. The van der Waals surface area contributed by atoms with Gasteiger partial charge in [0.1, 0.15) is 0 Å². The van der Waals surface area contributed by atoms with E-state index < -0.39 is 0 Å². The Morgan fingerprint density at radius 3 is 2.40 bits per heavy atom. The van der Waals surface area contributed by atoms with Crippen LogP contribution in [0, 0.1) is 5.41 Å². The third-order valence-electron chi connectivity index (χ3n) is 5.10. The summed E-state index contributed by atoms with van der Waals surface area (Å²) in [6.07, 6.45) is 7.83. The Morgan fingerprint density at radius 1 is 1.30 bits per heavy atom. The van der Waals surface area contributed by atoms with E-state index in [0.717, 1.165) is 12.8 Å². The molecular weight excluding hydrogens is 250 g/mol. The first-order valence-electron chi connectivity index (χ1n) is 8.12. The van der Waals surface area contributed by atoms with E-state index in [1.807, 2.05) is 0 Å². The molecule has 0 heterocycles. The van der Waals surface area contributed by atoms with E-state index in [2.05, 4.69) is 31.1 Å². The monoisotopic (exact) mass is 281 g/mol. The Bertz CT molecular complexity index is 329. The average molecular weight is 281 g/mol. The number of likely N-dealkylation sites (N-methyl/N-ethyl adjacent to an activating group) is 1. The molecule has 0 radical (unpaired) electrons. The van der Waals surface area contributed by atoms with Crippen molar-refractivity contribution in [1.29, 1.82) is 0 Å². The summed E-state index contributed by atoms with van der Waals surface area (Å²) in [5, 5.41) is 3.07. The largest absolute Gasteiger partial charge is 0.353 e. The fraction of sp³-hybridized carbons (Fsp3) is 0.938.